The predicted octanol–water partition coefficient (Wildman–Crippen LogP) is 3.07. The summed E-state index contributed by atoms with van der Waals surface area (Å²) < 4.78 is 5.21. The van der Waals surface area contributed by atoms with Gasteiger partial charge in [-0.3, -0.25) is 19.3 Å². The number of nitrogens with one attached hydrogen (secondary N) is 1. The number of benzene rings is 1. The first-order valence-corrected chi connectivity index (χ1v) is 8.84. The molecule has 0 spiro atoms. The minimum absolute atomic E-state index is 0.0687. The molecule has 2 aromatic heterocycles. The van der Waals surface area contributed by atoms with Crippen LogP contribution >= 0.6 is 11.3 Å². The van der Waals surface area contributed by atoms with Gasteiger partial charge in [-0.05, 0) is 41.8 Å². The zero-order chi connectivity index (χ0) is 18.1. The Bertz CT molecular complexity index is 977. The first-order valence-electron chi connectivity index (χ1n) is 7.96. The second-order valence-corrected chi connectivity index (χ2v) is 6.83. The van der Waals surface area contributed by atoms with Gasteiger partial charge < -0.3 is 9.73 Å². The second kappa shape index (κ2) is 6.61. The van der Waals surface area contributed by atoms with Gasteiger partial charge in [0.15, 0.2) is 0 Å². The quantitative estimate of drug-likeness (QED) is 0.704. The maximum Gasteiger partial charge on any atom is 0.261 e. The van der Waals surface area contributed by atoms with Crippen LogP contribution in [0.5, 0.6) is 0 Å². The minimum atomic E-state index is -0.422. The minimum Gasteiger partial charge on any atom is -0.467 e. The lowest BCUT2D eigenvalue weighted by Gasteiger charge is -2.11. The molecular formula is C19H14N2O4S. The van der Waals surface area contributed by atoms with Gasteiger partial charge in [0.2, 0.25) is 0 Å². The number of fused-ring (bicyclic) bond motifs is 1. The van der Waals surface area contributed by atoms with Gasteiger partial charge >= 0.3 is 0 Å². The standard InChI is InChI=1S/C19H14N2O4S/c22-17(20-10-14-4-2-8-26-14)12-5-6-15-16(9-12)19(24)21(18(15)23)11-13-3-1-7-25-13/h1-9H,10-11H2,(H,20,22). The highest BCUT2D eigenvalue weighted by molar-refractivity contribution is 7.09. The van der Waals surface area contributed by atoms with Crippen LogP contribution in [0.2, 0.25) is 0 Å². The van der Waals surface area contributed by atoms with Crippen LogP contribution in [0.1, 0.15) is 41.7 Å². The molecule has 3 aromatic rings. The van der Waals surface area contributed by atoms with E-state index in [4.69, 9.17) is 4.42 Å². The number of furan rings is 1. The van der Waals surface area contributed by atoms with Gasteiger partial charge in [-0.25, -0.2) is 0 Å². The van der Waals surface area contributed by atoms with E-state index in [0.717, 1.165) is 9.78 Å². The average molecular weight is 366 g/mol. The van der Waals surface area contributed by atoms with E-state index in [2.05, 4.69) is 5.32 Å². The number of nitrogens with zero attached hydrogens (tertiary/aromatic N) is 1. The molecule has 1 N–H and O–H groups in total. The normalized spacial score (nSPS) is 13.2. The summed E-state index contributed by atoms with van der Waals surface area (Å²) in [5, 5.41) is 4.75. The van der Waals surface area contributed by atoms with E-state index >= 15 is 0 Å². The summed E-state index contributed by atoms with van der Waals surface area (Å²) in [7, 11) is 0. The van der Waals surface area contributed by atoms with Crippen LogP contribution in [0.4, 0.5) is 0 Å². The largest absolute Gasteiger partial charge is 0.467 e. The van der Waals surface area contributed by atoms with Crippen molar-refractivity contribution in [3.05, 3.63) is 81.4 Å². The molecule has 0 aliphatic carbocycles. The van der Waals surface area contributed by atoms with Gasteiger partial charge in [0.05, 0.1) is 30.5 Å². The van der Waals surface area contributed by atoms with Gasteiger partial charge in [0.25, 0.3) is 17.7 Å². The third-order valence-electron chi connectivity index (χ3n) is 4.13. The highest BCUT2D eigenvalue weighted by Gasteiger charge is 2.36. The summed E-state index contributed by atoms with van der Waals surface area (Å²) in [6.45, 7) is 0.490. The molecule has 0 bridgehead atoms. The molecule has 26 heavy (non-hydrogen) atoms. The van der Waals surface area contributed by atoms with Crippen LogP contribution in [0, 0.1) is 0 Å². The number of hydrogen-bond acceptors (Lipinski definition) is 5. The van der Waals surface area contributed by atoms with Gasteiger partial charge in [-0.2, -0.15) is 0 Å². The Balaban J connectivity index is 1.52. The molecule has 0 atom stereocenters. The molecule has 0 saturated heterocycles. The topological polar surface area (TPSA) is 79.6 Å². The van der Waals surface area contributed by atoms with Crippen molar-refractivity contribution in [1.29, 1.82) is 0 Å². The Morgan fingerprint density at radius 3 is 2.65 bits per heavy atom. The van der Waals surface area contributed by atoms with Gasteiger partial charge in [-0.1, -0.05) is 6.07 Å². The summed E-state index contributed by atoms with van der Waals surface area (Å²) in [4.78, 5) is 39.5. The van der Waals surface area contributed by atoms with E-state index in [0.29, 0.717) is 23.4 Å². The van der Waals surface area contributed by atoms with Crippen LogP contribution in [-0.2, 0) is 13.1 Å². The van der Waals surface area contributed by atoms with Crippen LogP contribution in [0.15, 0.2) is 58.5 Å². The van der Waals surface area contributed by atoms with Crippen LogP contribution < -0.4 is 5.32 Å². The Morgan fingerprint density at radius 2 is 1.92 bits per heavy atom. The van der Waals surface area contributed by atoms with E-state index in [1.54, 1.807) is 29.5 Å². The van der Waals surface area contributed by atoms with Crippen molar-refractivity contribution in [3.8, 4) is 0 Å². The zero-order valence-corrected chi connectivity index (χ0v) is 14.4. The third-order valence-corrected chi connectivity index (χ3v) is 5.01. The molecule has 0 unspecified atom stereocenters. The highest BCUT2D eigenvalue weighted by Crippen LogP contribution is 2.26. The molecule has 0 saturated carbocycles. The maximum atomic E-state index is 12.6. The van der Waals surface area contributed by atoms with E-state index in [1.807, 2.05) is 17.5 Å². The summed E-state index contributed by atoms with van der Waals surface area (Å²) in [5.41, 5.74) is 0.892. The molecule has 3 heterocycles. The van der Waals surface area contributed by atoms with E-state index in [-0.39, 0.29) is 23.9 Å². The lowest BCUT2D eigenvalue weighted by molar-refractivity contribution is 0.0631. The van der Waals surface area contributed by atoms with E-state index < -0.39 is 5.91 Å². The first-order chi connectivity index (χ1) is 12.6. The fourth-order valence-electron chi connectivity index (χ4n) is 2.82. The maximum absolute atomic E-state index is 12.6. The Labute approximate surface area is 153 Å². The molecule has 0 radical (unpaired) electrons. The van der Waals surface area contributed by atoms with Crippen molar-refractivity contribution in [3.63, 3.8) is 0 Å². The number of thiophene rings is 1. The second-order valence-electron chi connectivity index (χ2n) is 5.80. The van der Waals surface area contributed by atoms with E-state index in [1.165, 1.54) is 18.4 Å². The smallest absolute Gasteiger partial charge is 0.261 e. The van der Waals surface area contributed by atoms with Crippen LogP contribution in [-0.4, -0.2) is 22.6 Å². The van der Waals surface area contributed by atoms with Gasteiger partial charge in [0.1, 0.15) is 5.76 Å². The number of hydrogen-bond donors (Lipinski definition) is 1. The lowest BCUT2D eigenvalue weighted by Crippen LogP contribution is -2.28. The molecule has 3 amide bonds. The van der Waals surface area contributed by atoms with Gasteiger partial charge in [0, 0.05) is 10.4 Å². The van der Waals surface area contributed by atoms with E-state index in [9.17, 15) is 14.4 Å². The average Bonchev–Trinajstić information content (AvgIpc) is 3.39. The van der Waals surface area contributed by atoms with Gasteiger partial charge in [-0.15, -0.1) is 11.3 Å². The molecule has 4 rings (SSSR count). The summed E-state index contributed by atoms with van der Waals surface area (Å²) in [5.74, 6) is -0.569. The number of carbonyl (C=O) groups excluding carboxylic acids is 3. The predicted molar refractivity (Wildman–Crippen MR) is 94.8 cm³/mol. The third kappa shape index (κ3) is 2.93. The molecular weight excluding hydrogens is 352 g/mol. The van der Waals surface area contributed by atoms with Crippen LogP contribution in [0.3, 0.4) is 0 Å². The van der Waals surface area contributed by atoms with Crippen molar-refractivity contribution in [1.82, 2.24) is 10.2 Å². The monoisotopic (exact) mass is 366 g/mol. The molecule has 6 nitrogen and oxygen atoms in total. The van der Waals surface area contributed by atoms with Crippen molar-refractivity contribution in [2.45, 2.75) is 13.1 Å². The molecule has 1 aliphatic rings. The fourth-order valence-corrected chi connectivity index (χ4v) is 3.46. The van der Waals surface area contributed by atoms with Crippen LogP contribution in [0.25, 0.3) is 0 Å². The van der Waals surface area contributed by atoms with Crippen molar-refractivity contribution in [2.24, 2.45) is 0 Å². The molecule has 1 aliphatic heterocycles. The Hall–Kier alpha value is -3.19. The fraction of sp³-hybridized carbons (Fsp3) is 0.105. The Kier molecular flexibility index (Phi) is 4.14. The summed E-state index contributed by atoms with van der Waals surface area (Å²) in [6.07, 6.45) is 1.49. The lowest BCUT2D eigenvalue weighted by atomic mass is 10.1. The van der Waals surface area contributed by atoms with Crippen molar-refractivity contribution >= 4 is 29.1 Å². The van der Waals surface area contributed by atoms with Crippen molar-refractivity contribution in [2.75, 3.05) is 0 Å². The first kappa shape index (κ1) is 16.3. The highest BCUT2D eigenvalue weighted by atomic mass is 32.1. The number of rotatable bonds is 5. The van der Waals surface area contributed by atoms with Crippen molar-refractivity contribution < 1.29 is 18.8 Å². The zero-order valence-electron chi connectivity index (χ0n) is 13.6. The summed E-state index contributed by atoms with van der Waals surface area (Å²) in [6, 6.07) is 11.8. The molecule has 1 aromatic carbocycles. The summed E-state index contributed by atoms with van der Waals surface area (Å²) >= 11 is 1.55. The number of amides is 3. The molecule has 130 valence electrons. The SMILES string of the molecule is O=C(NCc1cccs1)c1ccc2c(c1)C(=O)N(Cc1ccco1)C2=O. The molecule has 7 heteroatoms. The number of imide groups is 1. The molecule has 0 fully saturated rings. The number of carbonyl (C=O) groups is 3. The Morgan fingerprint density at radius 1 is 1.08 bits per heavy atom.